The molecule has 2 heterocycles. The summed E-state index contributed by atoms with van der Waals surface area (Å²) in [6.45, 7) is 1.74. The van der Waals surface area contributed by atoms with Crippen molar-refractivity contribution in [3.8, 4) is 5.75 Å². The first kappa shape index (κ1) is 22.3. The maximum atomic E-state index is 13.0. The normalized spacial score (nSPS) is 15.0. The van der Waals surface area contributed by atoms with Gasteiger partial charge in [-0.3, -0.25) is 4.79 Å². The minimum atomic E-state index is -4.73. The monoisotopic (exact) mass is 461 g/mol. The van der Waals surface area contributed by atoms with Crippen LogP contribution in [0.2, 0.25) is 0 Å². The molecule has 1 aliphatic heterocycles. The molecule has 1 aliphatic rings. The van der Waals surface area contributed by atoms with E-state index in [0.717, 1.165) is 25.9 Å². The van der Waals surface area contributed by atoms with Gasteiger partial charge in [0.1, 0.15) is 5.75 Å². The molecule has 1 fully saturated rings. The highest BCUT2D eigenvalue weighted by Crippen LogP contribution is 2.30. The molecule has 9 heteroatoms. The number of thioether (sulfide) groups is 1. The number of alkyl halides is 3. The summed E-state index contributed by atoms with van der Waals surface area (Å²) < 4.78 is 42.4. The van der Waals surface area contributed by atoms with Crippen LogP contribution in [0, 0.1) is 0 Å². The topological polar surface area (TPSA) is 47.4 Å². The summed E-state index contributed by atoms with van der Waals surface area (Å²) in [6, 6.07) is 15.8. The van der Waals surface area contributed by atoms with Crippen LogP contribution in [0.3, 0.4) is 0 Å². The third kappa shape index (κ3) is 5.85. The minimum absolute atomic E-state index is 0.211. The number of aromatic nitrogens is 2. The van der Waals surface area contributed by atoms with Crippen molar-refractivity contribution in [1.82, 2.24) is 9.55 Å². The van der Waals surface area contributed by atoms with E-state index in [1.807, 2.05) is 34.9 Å². The zero-order chi connectivity index (χ0) is 22.6. The van der Waals surface area contributed by atoms with Gasteiger partial charge in [0.2, 0.25) is 0 Å². The van der Waals surface area contributed by atoms with Crippen LogP contribution in [0.1, 0.15) is 18.4 Å². The second kappa shape index (κ2) is 9.68. The van der Waals surface area contributed by atoms with E-state index in [-0.39, 0.29) is 17.9 Å². The van der Waals surface area contributed by atoms with Crippen LogP contribution < -0.4 is 15.2 Å². The Morgan fingerprint density at radius 3 is 2.38 bits per heavy atom. The highest BCUT2D eigenvalue weighted by atomic mass is 32.2. The number of benzene rings is 2. The summed E-state index contributed by atoms with van der Waals surface area (Å²) in [5.41, 5.74) is 0.481. The van der Waals surface area contributed by atoms with Crippen molar-refractivity contribution in [2.75, 3.05) is 18.0 Å². The molecule has 0 saturated carbocycles. The molecule has 0 N–H and O–H groups in total. The average Bonchev–Trinajstić information content (AvgIpc) is 2.77. The molecule has 168 valence electrons. The number of rotatable bonds is 6. The van der Waals surface area contributed by atoms with Gasteiger partial charge in [-0.25, -0.2) is 4.98 Å². The van der Waals surface area contributed by atoms with Crippen LogP contribution >= 0.6 is 11.8 Å². The van der Waals surface area contributed by atoms with Gasteiger partial charge in [0.15, 0.2) is 5.82 Å². The molecular weight excluding hydrogens is 439 g/mol. The summed E-state index contributed by atoms with van der Waals surface area (Å²) in [6.07, 6.45) is 0.352. The first-order chi connectivity index (χ1) is 15.4. The van der Waals surface area contributed by atoms with Gasteiger partial charge < -0.3 is 14.2 Å². The van der Waals surface area contributed by atoms with E-state index < -0.39 is 6.36 Å². The Hall–Kier alpha value is -2.94. The third-order valence-corrected chi connectivity index (χ3v) is 6.54. The molecule has 0 radical (unpaired) electrons. The molecule has 4 rings (SSSR count). The van der Waals surface area contributed by atoms with Gasteiger partial charge >= 0.3 is 6.36 Å². The van der Waals surface area contributed by atoms with Crippen molar-refractivity contribution < 1.29 is 17.9 Å². The van der Waals surface area contributed by atoms with Crippen LogP contribution in [-0.2, 0) is 6.54 Å². The van der Waals surface area contributed by atoms with E-state index in [4.69, 9.17) is 0 Å². The number of hydrogen-bond donors (Lipinski definition) is 0. The summed E-state index contributed by atoms with van der Waals surface area (Å²) in [5, 5.41) is 0.497. The molecule has 0 spiro atoms. The lowest BCUT2D eigenvalue weighted by Gasteiger charge is -2.32. The number of piperidine rings is 1. The summed E-state index contributed by atoms with van der Waals surface area (Å²) in [4.78, 5) is 20.6. The molecular formula is C23H22F3N3O2S. The molecule has 5 nitrogen and oxygen atoms in total. The van der Waals surface area contributed by atoms with Crippen LogP contribution in [0.25, 0.3) is 0 Å². The zero-order valence-corrected chi connectivity index (χ0v) is 18.0. The molecule has 0 aliphatic carbocycles. The smallest absolute Gasteiger partial charge is 0.406 e. The van der Waals surface area contributed by atoms with Crippen LogP contribution in [0.15, 0.2) is 76.7 Å². The molecule has 3 aromatic rings. The van der Waals surface area contributed by atoms with Gasteiger partial charge in [-0.1, -0.05) is 30.3 Å². The molecule has 32 heavy (non-hydrogen) atoms. The lowest BCUT2D eigenvalue weighted by molar-refractivity contribution is -0.274. The number of anilines is 1. The van der Waals surface area contributed by atoms with Crippen molar-refractivity contribution in [1.29, 1.82) is 0 Å². The summed E-state index contributed by atoms with van der Waals surface area (Å²) in [7, 11) is 0. The Morgan fingerprint density at radius 1 is 1.03 bits per heavy atom. The molecule has 2 aromatic carbocycles. The number of hydrogen-bond acceptors (Lipinski definition) is 5. The van der Waals surface area contributed by atoms with Crippen molar-refractivity contribution in [2.24, 2.45) is 0 Å². The fourth-order valence-electron chi connectivity index (χ4n) is 3.65. The Morgan fingerprint density at radius 2 is 1.72 bits per heavy atom. The number of ether oxygens (including phenoxy) is 1. The van der Waals surface area contributed by atoms with Crippen molar-refractivity contribution >= 4 is 17.6 Å². The lowest BCUT2D eigenvalue weighted by atomic mass is 10.1. The molecule has 0 unspecified atom stereocenters. The predicted octanol–water partition coefficient (Wildman–Crippen LogP) is 4.95. The Balaban J connectivity index is 1.39. The number of halogens is 3. The third-order valence-electron chi connectivity index (χ3n) is 5.19. The molecule has 0 amide bonds. The van der Waals surface area contributed by atoms with E-state index in [1.54, 1.807) is 12.4 Å². The minimum Gasteiger partial charge on any atom is -0.406 e. The molecule has 1 saturated heterocycles. The van der Waals surface area contributed by atoms with Crippen LogP contribution in [0.4, 0.5) is 19.0 Å². The van der Waals surface area contributed by atoms with E-state index in [2.05, 4.69) is 21.9 Å². The van der Waals surface area contributed by atoms with Crippen molar-refractivity contribution in [2.45, 2.75) is 35.9 Å². The highest BCUT2D eigenvalue weighted by molar-refractivity contribution is 8.00. The molecule has 0 atom stereocenters. The summed E-state index contributed by atoms with van der Waals surface area (Å²) >= 11 is 1.86. The second-order valence-electron chi connectivity index (χ2n) is 7.49. The quantitative estimate of drug-likeness (QED) is 0.520. The van der Waals surface area contributed by atoms with Crippen molar-refractivity contribution in [3.63, 3.8) is 0 Å². The van der Waals surface area contributed by atoms with Crippen LogP contribution in [-0.4, -0.2) is 34.3 Å². The Bertz CT molecular complexity index is 1080. The van der Waals surface area contributed by atoms with E-state index in [9.17, 15) is 18.0 Å². The summed E-state index contributed by atoms with van der Waals surface area (Å²) in [5.74, 6) is 0.118. The van der Waals surface area contributed by atoms with Gasteiger partial charge in [-0.05, 0) is 42.7 Å². The van der Waals surface area contributed by atoms with E-state index in [0.29, 0.717) is 16.6 Å². The fourth-order valence-corrected chi connectivity index (χ4v) is 4.79. The van der Waals surface area contributed by atoms with Crippen LogP contribution in [0.5, 0.6) is 5.75 Å². The lowest BCUT2D eigenvalue weighted by Crippen LogP contribution is -2.40. The maximum absolute atomic E-state index is 13.0. The van der Waals surface area contributed by atoms with Gasteiger partial charge in [-0.2, -0.15) is 0 Å². The molecule has 1 aromatic heterocycles. The van der Waals surface area contributed by atoms with Gasteiger partial charge in [0.05, 0.1) is 6.54 Å². The largest absolute Gasteiger partial charge is 0.573 e. The van der Waals surface area contributed by atoms with Gasteiger partial charge in [-0.15, -0.1) is 24.9 Å². The highest BCUT2D eigenvalue weighted by Gasteiger charge is 2.31. The SMILES string of the molecule is O=c1c(N2CCC(Sc3ccccc3)CC2)nccn1Cc1ccc(OC(F)(F)F)cc1. The predicted molar refractivity (Wildman–Crippen MR) is 118 cm³/mol. The second-order valence-corrected chi connectivity index (χ2v) is 8.87. The van der Waals surface area contributed by atoms with Crippen molar-refractivity contribution in [3.05, 3.63) is 82.9 Å². The Labute approximate surface area is 187 Å². The standard InChI is InChI=1S/C23H22F3N3O2S/c24-23(25,26)31-18-8-6-17(7-9-18)16-29-15-12-27-21(22(29)30)28-13-10-20(11-14-28)32-19-4-2-1-3-5-19/h1-9,12,15,20H,10-11,13-14,16H2. The van der Waals surface area contributed by atoms with E-state index >= 15 is 0 Å². The first-order valence-electron chi connectivity index (χ1n) is 10.2. The fraction of sp³-hybridized carbons (Fsp3) is 0.304. The van der Waals surface area contributed by atoms with Gasteiger partial charge in [0.25, 0.3) is 5.56 Å². The molecule has 0 bridgehead atoms. The Kier molecular flexibility index (Phi) is 6.74. The zero-order valence-electron chi connectivity index (χ0n) is 17.2. The average molecular weight is 462 g/mol. The van der Waals surface area contributed by atoms with E-state index in [1.165, 1.54) is 33.7 Å². The first-order valence-corrected chi connectivity index (χ1v) is 11.1. The van der Waals surface area contributed by atoms with Gasteiger partial charge in [0, 0.05) is 35.6 Å². The number of nitrogens with zero attached hydrogens (tertiary/aromatic N) is 3. The maximum Gasteiger partial charge on any atom is 0.573 e.